The minimum atomic E-state index is -4.16. The van der Waals surface area contributed by atoms with Crippen molar-refractivity contribution in [3.63, 3.8) is 0 Å². The molecule has 0 aliphatic carbocycles. The van der Waals surface area contributed by atoms with Gasteiger partial charge in [-0.05, 0) is 18.9 Å². The molecule has 1 rings (SSSR count). The molecule has 1 fully saturated rings. The average Bonchev–Trinajstić information content (AvgIpc) is 2.75. The molecule has 1 aliphatic heterocycles. The van der Waals surface area contributed by atoms with Gasteiger partial charge >= 0.3 is 6.18 Å². The summed E-state index contributed by atoms with van der Waals surface area (Å²) in [6.45, 7) is 3.10. The van der Waals surface area contributed by atoms with Gasteiger partial charge in [0, 0.05) is 32.6 Å². The normalized spacial score (nSPS) is 20.3. The fourth-order valence-electron chi connectivity index (χ4n) is 2.41. The van der Waals surface area contributed by atoms with Gasteiger partial charge in [-0.2, -0.15) is 13.2 Å². The van der Waals surface area contributed by atoms with Gasteiger partial charge < -0.3 is 10.6 Å². The molecular weight excluding hydrogens is 259 g/mol. The molecule has 4 nitrogen and oxygen atoms in total. The highest BCUT2D eigenvalue weighted by atomic mass is 19.4. The number of halogens is 3. The predicted molar refractivity (Wildman–Crippen MR) is 66.5 cm³/mol. The van der Waals surface area contributed by atoms with E-state index in [0.717, 1.165) is 6.42 Å². The van der Waals surface area contributed by atoms with E-state index < -0.39 is 12.7 Å². The molecule has 1 aliphatic rings. The molecule has 1 amide bonds. The number of alkyl halides is 3. The fourth-order valence-corrected chi connectivity index (χ4v) is 2.41. The second kappa shape index (κ2) is 7.09. The maximum absolute atomic E-state index is 12.4. The number of carbonyl (C=O) groups is 1. The third-order valence-corrected chi connectivity index (χ3v) is 3.36. The highest BCUT2D eigenvalue weighted by Crippen LogP contribution is 2.21. The second-order valence-corrected chi connectivity index (χ2v) is 4.98. The van der Waals surface area contributed by atoms with E-state index in [1.54, 1.807) is 11.8 Å². The molecule has 0 aromatic carbocycles. The summed E-state index contributed by atoms with van der Waals surface area (Å²) in [5, 5.41) is 0. The first kappa shape index (κ1) is 16.2. The van der Waals surface area contributed by atoms with Crippen LogP contribution in [0.4, 0.5) is 13.2 Å². The maximum atomic E-state index is 12.4. The molecule has 1 unspecified atom stereocenters. The molecule has 112 valence electrons. The molecule has 0 aromatic heterocycles. The van der Waals surface area contributed by atoms with Crippen LogP contribution in [0, 0.1) is 5.92 Å². The quantitative estimate of drug-likeness (QED) is 0.792. The molecule has 0 spiro atoms. The molecule has 7 heteroatoms. The molecule has 1 saturated heterocycles. The van der Waals surface area contributed by atoms with E-state index >= 15 is 0 Å². The van der Waals surface area contributed by atoms with Crippen molar-refractivity contribution >= 4 is 5.91 Å². The van der Waals surface area contributed by atoms with E-state index in [0.29, 0.717) is 39.1 Å². The van der Waals surface area contributed by atoms with Gasteiger partial charge in [-0.25, -0.2) is 0 Å². The van der Waals surface area contributed by atoms with E-state index in [2.05, 4.69) is 0 Å². The largest absolute Gasteiger partial charge is 0.401 e. The Morgan fingerprint density at radius 1 is 1.47 bits per heavy atom. The lowest BCUT2D eigenvalue weighted by Gasteiger charge is -2.25. The van der Waals surface area contributed by atoms with Gasteiger partial charge in [0.15, 0.2) is 0 Å². The summed E-state index contributed by atoms with van der Waals surface area (Å²) in [5.74, 6) is 0.132. The van der Waals surface area contributed by atoms with Gasteiger partial charge in [-0.1, -0.05) is 6.92 Å². The highest BCUT2D eigenvalue weighted by Gasteiger charge is 2.33. The van der Waals surface area contributed by atoms with Crippen LogP contribution in [0.5, 0.6) is 0 Å². The molecule has 0 saturated carbocycles. The van der Waals surface area contributed by atoms with Crippen LogP contribution >= 0.6 is 0 Å². The van der Waals surface area contributed by atoms with Gasteiger partial charge in [0.25, 0.3) is 0 Å². The highest BCUT2D eigenvalue weighted by molar-refractivity contribution is 5.76. The number of nitrogens with zero attached hydrogens (tertiary/aromatic N) is 2. The van der Waals surface area contributed by atoms with E-state index in [4.69, 9.17) is 5.73 Å². The third kappa shape index (κ3) is 5.78. The van der Waals surface area contributed by atoms with Crippen LogP contribution in [0.25, 0.3) is 0 Å². The Hall–Kier alpha value is -0.820. The lowest BCUT2D eigenvalue weighted by molar-refractivity contribution is -0.146. The molecule has 0 bridgehead atoms. The van der Waals surface area contributed by atoms with E-state index in [9.17, 15) is 18.0 Å². The van der Waals surface area contributed by atoms with E-state index in [1.807, 2.05) is 0 Å². The first-order valence-corrected chi connectivity index (χ1v) is 6.62. The van der Waals surface area contributed by atoms with Crippen molar-refractivity contribution < 1.29 is 18.0 Å². The minimum absolute atomic E-state index is 0.00358. The van der Waals surface area contributed by atoms with Crippen LogP contribution in [0.1, 0.15) is 19.8 Å². The molecule has 0 aromatic rings. The second-order valence-electron chi connectivity index (χ2n) is 4.98. The zero-order valence-electron chi connectivity index (χ0n) is 11.2. The van der Waals surface area contributed by atoms with Crippen molar-refractivity contribution in [2.24, 2.45) is 11.7 Å². The minimum Gasteiger partial charge on any atom is -0.342 e. The molecule has 19 heavy (non-hydrogen) atoms. The summed E-state index contributed by atoms with van der Waals surface area (Å²) in [7, 11) is 0. The smallest absolute Gasteiger partial charge is 0.342 e. The molecular formula is C12H22F3N3O. The van der Waals surface area contributed by atoms with Crippen molar-refractivity contribution in [3.8, 4) is 0 Å². The summed E-state index contributed by atoms with van der Waals surface area (Å²) >= 11 is 0. The maximum Gasteiger partial charge on any atom is 0.401 e. The molecule has 1 atom stereocenters. The van der Waals surface area contributed by atoms with Crippen LogP contribution in [0.3, 0.4) is 0 Å². The summed E-state index contributed by atoms with van der Waals surface area (Å²) < 4.78 is 37.1. The molecule has 0 radical (unpaired) electrons. The topological polar surface area (TPSA) is 49.6 Å². The average molecular weight is 281 g/mol. The van der Waals surface area contributed by atoms with Crippen LogP contribution in [0.15, 0.2) is 0 Å². The van der Waals surface area contributed by atoms with Crippen molar-refractivity contribution in [3.05, 3.63) is 0 Å². The zero-order valence-corrected chi connectivity index (χ0v) is 11.2. The lowest BCUT2D eigenvalue weighted by atomic mass is 10.1. The van der Waals surface area contributed by atoms with Crippen LogP contribution in [0.2, 0.25) is 0 Å². The monoisotopic (exact) mass is 281 g/mol. The third-order valence-electron chi connectivity index (χ3n) is 3.36. The van der Waals surface area contributed by atoms with Gasteiger partial charge in [-0.15, -0.1) is 0 Å². The van der Waals surface area contributed by atoms with Gasteiger partial charge in [0.05, 0.1) is 6.54 Å². The standard InChI is InChI=1S/C12H22F3N3O/c1-2-17(9-12(13,14)15)7-10-4-6-18(8-10)11(19)3-5-16/h10H,2-9,16H2,1H3. The molecule has 1 heterocycles. The summed E-state index contributed by atoms with van der Waals surface area (Å²) in [6.07, 6.45) is -3.08. The Bertz CT molecular complexity index is 296. The number of likely N-dealkylation sites (tertiary alicyclic amines) is 1. The predicted octanol–water partition coefficient (Wildman–Crippen LogP) is 1.07. The summed E-state index contributed by atoms with van der Waals surface area (Å²) in [5.41, 5.74) is 5.32. The van der Waals surface area contributed by atoms with Crippen molar-refractivity contribution in [1.29, 1.82) is 0 Å². The van der Waals surface area contributed by atoms with Gasteiger partial charge in [0.1, 0.15) is 0 Å². The van der Waals surface area contributed by atoms with Crippen molar-refractivity contribution in [2.75, 3.05) is 39.3 Å². The van der Waals surface area contributed by atoms with Crippen LogP contribution in [-0.4, -0.2) is 61.2 Å². The number of hydrogen-bond donors (Lipinski definition) is 1. The van der Waals surface area contributed by atoms with E-state index in [1.165, 1.54) is 4.90 Å². The zero-order chi connectivity index (χ0) is 14.5. The Morgan fingerprint density at radius 2 is 2.16 bits per heavy atom. The summed E-state index contributed by atoms with van der Waals surface area (Å²) in [4.78, 5) is 14.7. The van der Waals surface area contributed by atoms with E-state index in [-0.39, 0.29) is 11.8 Å². The van der Waals surface area contributed by atoms with Gasteiger partial charge in [-0.3, -0.25) is 9.69 Å². The fraction of sp³-hybridized carbons (Fsp3) is 0.917. The SMILES string of the molecule is CCN(CC1CCN(C(=O)CCN)C1)CC(F)(F)F. The van der Waals surface area contributed by atoms with Crippen LogP contribution < -0.4 is 5.73 Å². The molecule has 2 N–H and O–H groups in total. The van der Waals surface area contributed by atoms with Gasteiger partial charge in [0.2, 0.25) is 5.91 Å². The Kier molecular flexibility index (Phi) is 6.06. The number of carbonyl (C=O) groups excluding carboxylic acids is 1. The van der Waals surface area contributed by atoms with Crippen molar-refractivity contribution in [2.45, 2.75) is 25.9 Å². The van der Waals surface area contributed by atoms with Crippen LogP contribution in [-0.2, 0) is 4.79 Å². The Balaban J connectivity index is 2.40. The Morgan fingerprint density at radius 3 is 2.68 bits per heavy atom. The van der Waals surface area contributed by atoms with Crippen molar-refractivity contribution in [1.82, 2.24) is 9.80 Å². The first-order chi connectivity index (χ1) is 8.85. The lowest BCUT2D eigenvalue weighted by Crippen LogP contribution is -2.38. The Labute approximate surface area is 111 Å². The number of amides is 1. The number of rotatable bonds is 6. The number of nitrogens with two attached hydrogens (primary N) is 1. The number of hydrogen-bond acceptors (Lipinski definition) is 3. The summed E-state index contributed by atoms with van der Waals surface area (Å²) in [6, 6.07) is 0. The first-order valence-electron chi connectivity index (χ1n) is 6.62.